The Hall–Kier alpha value is -1.93. The number of nitrogens with one attached hydrogen (secondary N) is 1. The molecule has 2 aliphatic carbocycles. The van der Waals surface area contributed by atoms with Crippen LogP contribution < -0.4 is 5.32 Å². The number of nitrogens with zero attached hydrogens (tertiary/aromatic N) is 2. The SMILES string of the molecule is N#CC1=CCC(OCCCN2CCC(C3(CC4CCCCC4)NCCc4ccccc43)CC2)C=C1. The molecule has 1 N–H and O–H groups in total. The number of rotatable bonds is 8. The Balaban J connectivity index is 1.15. The van der Waals surface area contributed by atoms with E-state index in [1.807, 2.05) is 18.2 Å². The van der Waals surface area contributed by atoms with Crippen molar-refractivity contribution in [3.63, 3.8) is 0 Å². The Morgan fingerprint density at radius 3 is 2.69 bits per heavy atom. The number of allylic oxidation sites excluding steroid dienone is 2. The van der Waals surface area contributed by atoms with Gasteiger partial charge in [0.1, 0.15) is 0 Å². The minimum atomic E-state index is 0.134. The van der Waals surface area contributed by atoms with Gasteiger partial charge in [0.25, 0.3) is 0 Å². The molecule has 1 saturated carbocycles. The molecule has 4 heteroatoms. The molecule has 1 saturated heterocycles. The van der Waals surface area contributed by atoms with Crippen LogP contribution in [-0.4, -0.2) is 43.8 Å². The molecule has 35 heavy (non-hydrogen) atoms. The van der Waals surface area contributed by atoms with Crippen LogP contribution in [0.2, 0.25) is 0 Å². The van der Waals surface area contributed by atoms with E-state index in [0.29, 0.717) is 0 Å². The van der Waals surface area contributed by atoms with Gasteiger partial charge in [-0.25, -0.2) is 0 Å². The molecule has 0 bridgehead atoms. The molecule has 2 aliphatic heterocycles. The number of nitriles is 1. The van der Waals surface area contributed by atoms with Gasteiger partial charge >= 0.3 is 0 Å². The first-order chi connectivity index (χ1) is 17.3. The first kappa shape index (κ1) is 24.8. The molecule has 4 aliphatic rings. The van der Waals surface area contributed by atoms with E-state index in [1.165, 1.54) is 70.9 Å². The second-order valence-electron chi connectivity index (χ2n) is 11.3. The van der Waals surface area contributed by atoms with Gasteiger partial charge in [0.05, 0.1) is 12.2 Å². The van der Waals surface area contributed by atoms with Gasteiger partial charge in [-0.3, -0.25) is 0 Å². The van der Waals surface area contributed by atoms with Crippen LogP contribution in [0.1, 0.15) is 75.3 Å². The summed E-state index contributed by atoms with van der Waals surface area (Å²) in [5, 5.41) is 13.1. The van der Waals surface area contributed by atoms with Gasteiger partial charge in [0, 0.05) is 30.8 Å². The molecule has 2 heterocycles. The van der Waals surface area contributed by atoms with Crippen molar-refractivity contribution in [1.82, 2.24) is 10.2 Å². The summed E-state index contributed by atoms with van der Waals surface area (Å²) in [4.78, 5) is 2.66. The Kier molecular flexibility index (Phi) is 8.39. The van der Waals surface area contributed by atoms with Crippen molar-refractivity contribution in [2.24, 2.45) is 11.8 Å². The lowest BCUT2D eigenvalue weighted by atomic mass is 9.64. The number of fused-ring (bicyclic) bond motifs is 1. The van der Waals surface area contributed by atoms with E-state index in [9.17, 15) is 0 Å². The first-order valence-corrected chi connectivity index (χ1v) is 14.2. The summed E-state index contributed by atoms with van der Waals surface area (Å²) >= 11 is 0. The first-order valence-electron chi connectivity index (χ1n) is 14.2. The maximum absolute atomic E-state index is 8.96. The van der Waals surface area contributed by atoms with Crippen LogP contribution in [0, 0.1) is 23.2 Å². The average Bonchev–Trinajstić information content (AvgIpc) is 2.92. The fourth-order valence-electron chi connectivity index (χ4n) is 7.23. The minimum absolute atomic E-state index is 0.134. The van der Waals surface area contributed by atoms with E-state index in [2.05, 4.69) is 40.6 Å². The van der Waals surface area contributed by atoms with Gasteiger partial charge in [-0.05, 0) is 80.7 Å². The molecule has 2 fully saturated rings. The lowest BCUT2D eigenvalue weighted by Gasteiger charge is -2.50. The third-order valence-corrected chi connectivity index (χ3v) is 9.09. The summed E-state index contributed by atoms with van der Waals surface area (Å²) in [7, 11) is 0. The summed E-state index contributed by atoms with van der Waals surface area (Å²) in [5.41, 5.74) is 4.15. The molecular formula is C31H43N3O. The predicted molar refractivity (Wildman–Crippen MR) is 142 cm³/mol. The topological polar surface area (TPSA) is 48.3 Å². The lowest BCUT2D eigenvalue weighted by molar-refractivity contribution is 0.0565. The van der Waals surface area contributed by atoms with E-state index in [1.54, 1.807) is 11.1 Å². The Morgan fingerprint density at radius 1 is 1.09 bits per heavy atom. The van der Waals surface area contributed by atoms with Crippen molar-refractivity contribution in [2.45, 2.75) is 82.3 Å². The fraction of sp³-hybridized carbons (Fsp3) is 0.645. The van der Waals surface area contributed by atoms with Crippen molar-refractivity contribution in [1.29, 1.82) is 5.26 Å². The van der Waals surface area contributed by atoms with Crippen molar-refractivity contribution in [3.05, 3.63) is 59.2 Å². The Labute approximate surface area is 212 Å². The van der Waals surface area contributed by atoms with Crippen molar-refractivity contribution >= 4 is 0 Å². The average molecular weight is 474 g/mol. The number of ether oxygens (including phenoxy) is 1. The van der Waals surface area contributed by atoms with E-state index in [-0.39, 0.29) is 11.6 Å². The zero-order chi connectivity index (χ0) is 23.9. The molecule has 5 rings (SSSR count). The highest BCUT2D eigenvalue weighted by molar-refractivity contribution is 5.38. The van der Waals surface area contributed by atoms with Crippen molar-refractivity contribution < 1.29 is 4.74 Å². The van der Waals surface area contributed by atoms with Crippen LogP contribution in [0.15, 0.2) is 48.1 Å². The highest BCUT2D eigenvalue weighted by Gasteiger charge is 2.45. The number of hydrogen-bond acceptors (Lipinski definition) is 4. The summed E-state index contributed by atoms with van der Waals surface area (Å²) in [6, 6.07) is 11.5. The fourth-order valence-corrected chi connectivity index (χ4v) is 7.23. The number of benzene rings is 1. The highest BCUT2D eigenvalue weighted by Crippen LogP contribution is 2.46. The molecule has 0 radical (unpaired) electrons. The summed E-state index contributed by atoms with van der Waals surface area (Å²) < 4.78 is 6.05. The van der Waals surface area contributed by atoms with Gasteiger partial charge in [0.15, 0.2) is 0 Å². The molecule has 1 aromatic carbocycles. The highest BCUT2D eigenvalue weighted by atomic mass is 16.5. The normalized spacial score (nSPS) is 28.3. The monoisotopic (exact) mass is 473 g/mol. The standard InChI is InChI=1S/C31H43N3O/c32-24-26-11-13-29(14-12-26)35-22-6-19-34-20-16-28(17-21-34)31(23-25-7-2-1-3-8-25)30-10-5-4-9-27(30)15-18-33-31/h4-5,9-13,25,28-29,33H,1-3,6-8,14-23H2. The Bertz CT molecular complexity index is 933. The molecule has 0 amide bonds. The maximum Gasteiger partial charge on any atom is 0.0988 e. The van der Waals surface area contributed by atoms with Crippen LogP contribution in [0.3, 0.4) is 0 Å². The largest absolute Gasteiger partial charge is 0.374 e. The van der Waals surface area contributed by atoms with Gasteiger partial charge in [0.2, 0.25) is 0 Å². The number of likely N-dealkylation sites (tertiary alicyclic amines) is 1. The molecule has 188 valence electrons. The molecule has 1 aromatic rings. The van der Waals surface area contributed by atoms with E-state index >= 15 is 0 Å². The third-order valence-electron chi connectivity index (χ3n) is 9.09. The quantitative estimate of drug-likeness (QED) is 0.478. The summed E-state index contributed by atoms with van der Waals surface area (Å²) in [5.74, 6) is 1.61. The molecule has 2 atom stereocenters. The summed E-state index contributed by atoms with van der Waals surface area (Å²) in [6.45, 7) is 5.46. The van der Waals surface area contributed by atoms with Crippen LogP contribution >= 0.6 is 0 Å². The summed E-state index contributed by atoms with van der Waals surface area (Å²) in [6.07, 6.45) is 20.2. The van der Waals surface area contributed by atoms with E-state index in [0.717, 1.165) is 49.9 Å². The van der Waals surface area contributed by atoms with E-state index < -0.39 is 0 Å². The zero-order valence-corrected chi connectivity index (χ0v) is 21.4. The minimum Gasteiger partial charge on any atom is -0.374 e. The number of hydrogen-bond donors (Lipinski definition) is 1. The second-order valence-corrected chi connectivity index (χ2v) is 11.3. The van der Waals surface area contributed by atoms with Gasteiger partial charge in [-0.1, -0.05) is 68.5 Å². The molecular weight excluding hydrogens is 430 g/mol. The zero-order valence-electron chi connectivity index (χ0n) is 21.4. The van der Waals surface area contributed by atoms with Crippen LogP contribution in [-0.2, 0) is 16.7 Å². The van der Waals surface area contributed by atoms with Crippen molar-refractivity contribution in [2.75, 3.05) is 32.8 Å². The van der Waals surface area contributed by atoms with Crippen LogP contribution in [0.25, 0.3) is 0 Å². The van der Waals surface area contributed by atoms with Gasteiger partial charge in [-0.2, -0.15) is 5.26 Å². The van der Waals surface area contributed by atoms with Gasteiger partial charge < -0.3 is 15.0 Å². The third kappa shape index (κ3) is 5.91. The Morgan fingerprint density at radius 2 is 1.91 bits per heavy atom. The molecule has 0 aromatic heterocycles. The second kappa shape index (κ2) is 11.9. The van der Waals surface area contributed by atoms with Crippen LogP contribution in [0.5, 0.6) is 0 Å². The molecule has 4 nitrogen and oxygen atoms in total. The van der Waals surface area contributed by atoms with Crippen LogP contribution in [0.4, 0.5) is 0 Å². The maximum atomic E-state index is 8.96. The molecule has 0 spiro atoms. The number of piperidine rings is 1. The van der Waals surface area contributed by atoms with Gasteiger partial charge in [-0.15, -0.1) is 0 Å². The predicted octanol–water partition coefficient (Wildman–Crippen LogP) is 5.90. The lowest BCUT2D eigenvalue weighted by Crippen LogP contribution is -2.56. The van der Waals surface area contributed by atoms with E-state index in [4.69, 9.17) is 10.00 Å². The smallest absolute Gasteiger partial charge is 0.0988 e. The molecule has 2 unspecified atom stereocenters. The van der Waals surface area contributed by atoms with Crippen molar-refractivity contribution in [3.8, 4) is 6.07 Å².